The van der Waals surface area contributed by atoms with E-state index < -0.39 is 13.0 Å². The van der Waals surface area contributed by atoms with Crippen LogP contribution in [0, 0.1) is 11.8 Å². The van der Waals surface area contributed by atoms with Crippen LogP contribution in [0.15, 0.2) is 0 Å². The Morgan fingerprint density at radius 3 is 2.76 bits per heavy atom. The summed E-state index contributed by atoms with van der Waals surface area (Å²) in [6.45, 7) is 2.12. The molecule has 4 heteroatoms. The predicted molar refractivity (Wildman–Crippen MR) is 65.2 cm³/mol. The summed E-state index contributed by atoms with van der Waals surface area (Å²) in [5.74, 6) is 1.37. The third-order valence-electron chi connectivity index (χ3n) is 3.85. The van der Waals surface area contributed by atoms with Gasteiger partial charge in [0.05, 0.1) is 0 Å². The maximum Gasteiger partial charge on any atom is 0.261 e. The quantitative estimate of drug-likeness (QED) is 0.703. The molecular formula is C13H25F2NO. The van der Waals surface area contributed by atoms with Gasteiger partial charge in [-0.1, -0.05) is 26.2 Å². The van der Waals surface area contributed by atoms with Crippen LogP contribution in [0.4, 0.5) is 8.78 Å². The number of hydrogen-bond donors (Lipinski definition) is 1. The van der Waals surface area contributed by atoms with E-state index in [1.807, 2.05) is 0 Å². The Labute approximate surface area is 103 Å². The molecule has 0 aromatic heterocycles. The van der Waals surface area contributed by atoms with E-state index in [0.29, 0.717) is 18.9 Å². The van der Waals surface area contributed by atoms with E-state index in [9.17, 15) is 8.78 Å². The minimum absolute atomic E-state index is 0.113. The van der Waals surface area contributed by atoms with Crippen molar-refractivity contribution < 1.29 is 13.5 Å². The molecule has 17 heavy (non-hydrogen) atoms. The Morgan fingerprint density at radius 2 is 2.12 bits per heavy atom. The second-order valence-corrected chi connectivity index (χ2v) is 5.12. The molecular weight excluding hydrogens is 224 g/mol. The van der Waals surface area contributed by atoms with Crippen molar-refractivity contribution in [2.45, 2.75) is 57.9 Å². The van der Waals surface area contributed by atoms with Gasteiger partial charge in [-0.2, -0.15) is 0 Å². The van der Waals surface area contributed by atoms with E-state index in [-0.39, 0.29) is 6.04 Å². The van der Waals surface area contributed by atoms with E-state index in [0.717, 1.165) is 5.92 Å². The van der Waals surface area contributed by atoms with Crippen LogP contribution in [0.25, 0.3) is 0 Å². The van der Waals surface area contributed by atoms with Gasteiger partial charge in [0.15, 0.2) is 0 Å². The molecule has 0 saturated heterocycles. The van der Waals surface area contributed by atoms with Crippen molar-refractivity contribution in [1.29, 1.82) is 0 Å². The van der Waals surface area contributed by atoms with E-state index in [1.165, 1.54) is 32.1 Å². The van der Waals surface area contributed by atoms with Crippen LogP contribution in [0.1, 0.15) is 45.4 Å². The van der Waals surface area contributed by atoms with Gasteiger partial charge in [-0.3, -0.25) is 0 Å². The predicted octanol–water partition coefficient (Wildman–Crippen LogP) is 3.20. The molecule has 3 atom stereocenters. The van der Waals surface area contributed by atoms with Crippen LogP contribution < -0.4 is 5.73 Å². The number of hydrogen-bond acceptors (Lipinski definition) is 2. The fourth-order valence-corrected chi connectivity index (χ4v) is 2.72. The number of ether oxygens (including phenoxy) is 1. The molecule has 0 heterocycles. The van der Waals surface area contributed by atoms with E-state index >= 15 is 0 Å². The highest BCUT2D eigenvalue weighted by Crippen LogP contribution is 2.33. The molecule has 3 unspecified atom stereocenters. The van der Waals surface area contributed by atoms with Crippen LogP contribution in [-0.4, -0.2) is 25.7 Å². The minimum atomic E-state index is -2.37. The zero-order valence-corrected chi connectivity index (χ0v) is 10.7. The zero-order chi connectivity index (χ0) is 12.7. The third-order valence-corrected chi connectivity index (χ3v) is 3.85. The lowest BCUT2D eigenvalue weighted by Gasteiger charge is -2.32. The smallest absolute Gasteiger partial charge is 0.261 e. The number of nitrogens with two attached hydrogens (primary N) is 1. The lowest BCUT2D eigenvalue weighted by Crippen LogP contribution is -2.34. The average Bonchev–Trinajstić information content (AvgIpc) is 2.34. The van der Waals surface area contributed by atoms with Crippen molar-refractivity contribution in [3.05, 3.63) is 0 Å². The summed E-state index contributed by atoms with van der Waals surface area (Å²) in [6.07, 6.45) is 4.53. The topological polar surface area (TPSA) is 35.2 Å². The van der Waals surface area contributed by atoms with Gasteiger partial charge in [-0.15, -0.1) is 0 Å². The summed E-state index contributed by atoms with van der Waals surface area (Å²) in [6, 6.07) is 0.113. The normalized spacial score (nSPS) is 27.4. The third kappa shape index (κ3) is 5.77. The average molecular weight is 249 g/mol. The summed E-state index contributed by atoms with van der Waals surface area (Å²) >= 11 is 0. The van der Waals surface area contributed by atoms with Crippen molar-refractivity contribution in [3.8, 4) is 0 Å². The standard InChI is InChI=1S/C13H25F2NO/c1-2-10-4-3-5-11(8-10)12(16)6-7-17-9-13(14)15/h10-13H,2-9,16H2,1H3. The summed E-state index contributed by atoms with van der Waals surface area (Å²) in [7, 11) is 0. The molecule has 1 rings (SSSR count). The summed E-state index contributed by atoms with van der Waals surface area (Å²) in [5, 5.41) is 0. The molecule has 0 aromatic carbocycles. The largest absolute Gasteiger partial charge is 0.375 e. The Bertz CT molecular complexity index is 202. The van der Waals surface area contributed by atoms with Crippen molar-refractivity contribution >= 4 is 0 Å². The van der Waals surface area contributed by atoms with Crippen LogP contribution >= 0.6 is 0 Å². The first-order chi connectivity index (χ1) is 8.13. The van der Waals surface area contributed by atoms with Crippen molar-refractivity contribution in [2.75, 3.05) is 13.2 Å². The molecule has 102 valence electrons. The van der Waals surface area contributed by atoms with E-state index in [1.54, 1.807) is 0 Å². The SMILES string of the molecule is CCC1CCCC(C(N)CCOCC(F)F)C1. The van der Waals surface area contributed by atoms with Crippen molar-refractivity contribution in [3.63, 3.8) is 0 Å². The van der Waals surface area contributed by atoms with Gasteiger partial charge in [0.1, 0.15) is 6.61 Å². The number of rotatable bonds is 7. The highest BCUT2D eigenvalue weighted by molar-refractivity contribution is 4.80. The van der Waals surface area contributed by atoms with Gasteiger partial charge in [0, 0.05) is 12.6 Å². The van der Waals surface area contributed by atoms with Crippen molar-refractivity contribution in [1.82, 2.24) is 0 Å². The maximum absolute atomic E-state index is 11.9. The molecule has 1 fully saturated rings. The molecule has 1 aliphatic rings. The first-order valence-corrected chi connectivity index (χ1v) is 6.75. The highest BCUT2D eigenvalue weighted by atomic mass is 19.3. The number of halogens is 2. The van der Waals surface area contributed by atoms with E-state index in [4.69, 9.17) is 10.5 Å². The first kappa shape index (κ1) is 14.8. The Hall–Kier alpha value is -0.220. The molecule has 0 bridgehead atoms. The lowest BCUT2D eigenvalue weighted by atomic mass is 9.76. The maximum atomic E-state index is 11.9. The van der Waals surface area contributed by atoms with Crippen LogP contribution in [0.3, 0.4) is 0 Å². The van der Waals surface area contributed by atoms with Crippen LogP contribution in [0.5, 0.6) is 0 Å². The molecule has 2 N–H and O–H groups in total. The Kier molecular flexibility index (Phi) is 6.97. The van der Waals surface area contributed by atoms with E-state index in [2.05, 4.69) is 6.92 Å². The fourth-order valence-electron chi connectivity index (χ4n) is 2.72. The number of alkyl halides is 2. The Morgan fingerprint density at radius 1 is 1.35 bits per heavy atom. The second kappa shape index (κ2) is 7.98. The fraction of sp³-hybridized carbons (Fsp3) is 1.00. The molecule has 2 nitrogen and oxygen atoms in total. The van der Waals surface area contributed by atoms with Crippen LogP contribution in [-0.2, 0) is 4.74 Å². The first-order valence-electron chi connectivity index (χ1n) is 6.75. The molecule has 0 spiro atoms. The highest BCUT2D eigenvalue weighted by Gasteiger charge is 2.25. The summed E-state index contributed by atoms with van der Waals surface area (Å²) in [4.78, 5) is 0. The van der Waals surface area contributed by atoms with Gasteiger partial charge in [-0.25, -0.2) is 8.78 Å². The van der Waals surface area contributed by atoms with Gasteiger partial charge in [0.25, 0.3) is 6.43 Å². The van der Waals surface area contributed by atoms with Crippen LogP contribution in [0.2, 0.25) is 0 Å². The minimum Gasteiger partial charge on any atom is -0.375 e. The lowest BCUT2D eigenvalue weighted by molar-refractivity contribution is 0.0130. The molecule has 1 aliphatic carbocycles. The molecule has 0 radical (unpaired) electrons. The van der Waals surface area contributed by atoms with Gasteiger partial charge < -0.3 is 10.5 Å². The summed E-state index contributed by atoms with van der Waals surface area (Å²) < 4.78 is 28.6. The van der Waals surface area contributed by atoms with Gasteiger partial charge >= 0.3 is 0 Å². The molecule has 0 amide bonds. The second-order valence-electron chi connectivity index (χ2n) is 5.12. The summed E-state index contributed by atoms with van der Waals surface area (Å²) in [5.41, 5.74) is 6.11. The molecule has 0 aliphatic heterocycles. The van der Waals surface area contributed by atoms with Crippen molar-refractivity contribution in [2.24, 2.45) is 17.6 Å². The van der Waals surface area contributed by atoms with Gasteiger partial charge in [0.2, 0.25) is 0 Å². The zero-order valence-electron chi connectivity index (χ0n) is 10.7. The Balaban J connectivity index is 2.15. The molecule has 1 saturated carbocycles. The molecule has 0 aromatic rings. The van der Waals surface area contributed by atoms with Gasteiger partial charge in [-0.05, 0) is 31.1 Å². The monoisotopic (exact) mass is 249 g/mol.